The van der Waals surface area contributed by atoms with Crippen molar-refractivity contribution in [3.8, 4) is 0 Å². The first-order chi connectivity index (χ1) is 11.0. The Morgan fingerprint density at radius 3 is 2.61 bits per heavy atom. The molecule has 0 bridgehead atoms. The molecule has 0 radical (unpaired) electrons. The van der Waals surface area contributed by atoms with Crippen LogP contribution in [0.25, 0.3) is 0 Å². The van der Waals surface area contributed by atoms with Crippen molar-refractivity contribution >= 4 is 11.8 Å². The third-order valence-corrected chi connectivity index (χ3v) is 4.24. The lowest BCUT2D eigenvalue weighted by Gasteiger charge is -2.10. The molecule has 1 aliphatic rings. The molecule has 1 aliphatic heterocycles. The van der Waals surface area contributed by atoms with Crippen LogP contribution in [0.2, 0.25) is 0 Å². The fourth-order valence-corrected chi connectivity index (χ4v) is 2.76. The highest BCUT2D eigenvalue weighted by atomic mass is 16.6. The number of Topliss-reactive ketones (excluding diaryl/α,β-unsaturated/α-hetero) is 1. The zero-order valence-corrected chi connectivity index (χ0v) is 13.7. The molecule has 4 nitrogen and oxygen atoms in total. The van der Waals surface area contributed by atoms with E-state index in [-0.39, 0.29) is 23.0 Å². The topological polar surface area (TPSA) is 63.6 Å². The molecule has 1 aromatic rings. The van der Waals surface area contributed by atoms with Crippen molar-refractivity contribution in [1.29, 1.82) is 0 Å². The second-order valence-electron chi connectivity index (χ2n) is 6.09. The van der Waals surface area contributed by atoms with Gasteiger partial charge in [-0.3, -0.25) is 4.79 Å². The van der Waals surface area contributed by atoms with Gasteiger partial charge in [0.05, 0.1) is 0 Å². The summed E-state index contributed by atoms with van der Waals surface area (Å²) in [5.41, 5.74) is 0.945. The number of rotatable bonds is 7. The summed E-state index contributed by atoms with van der Waals surface area (Å²) in [4.78, 5) is 24.4. The number of allylic oxidation sites excluding steroid dienone is 1. The summed E-state index contributed by atoms with van der Waals surface area (Å²) < 4.78 is 5.18. The maximum absolute atomic E-state index is 12.4. The van der Waals surface area contributed by atoms with Crippen LogP contribution in [0.5, 0.6) is 0 Å². The Hall–Kier alpha value is -2.10. The van der Waals surface area contributed by atoms with Crippen LogP contribution in [-0.4, -0.2) is 23.0 Å². The quantitative estimate of drug-likeness (QED) is 0.360. The number of hydrogen-bond acceptors (Lipinski definition) is 4. The highest BCUT2D eigenvalue weighted by Gasteiger charge is 2.41. The van der Waals surface area contributed by atoms with Gasteiger partial charge in [0.25, 0.3) is 0 Å². The predicted octanol–water partition coefficient (Wildman–Crippen LogP) is 3.75. The Balaban J connectivity index is 2.04. The van der Waals surface area contributed by atoms with Crippen LogP contribution in [0.3, 0.4) is 0 Å². The smallest absolute Gasteiger partial charge is 0.346 e. The van der Waals surface area contributed by atoms with E-state index in [4.69, 9.17) is 4.74 Å². The molecule has 4 heteroatoms. The van der Waals surface area contributed by atoms with Gasteiger partial charge in [0.2, 0.25) is 5.78 Å². The number of unbranched alkanes of at least 4 members (excludes halogenated alkanes) is 1. The Morgan fingerprint density at radius 1 is 1.26 bits per heavy atom. The van der Waals surface area contributed by atoms with Crippen LogP contribution in [0.1, 0.15) is 45.1 Å². The molecule has 0 aromatic heterocycles. The third-order valence-electron chi connectivity index (χ3n) is 4.24. The summed E-state index contributed by atoms with van der Waals surface area (Å²) in [6.45, 7) is 3.89. The van der Waals surface area contributed by atoms with Gasteiger partial charge in [0.1, 0.15) is 11.3 Å². The molecule has 23 heavy (non-hydrogen) atoms. The fourth-order valence-electron chi connectivity index (χ4n) is 2.76. The van der Waals surface area contributed by atoms with Crippen LogP contribution in [-0.2, 0) is 20.7 Å². The fraction of sp³-hybridized carbons (Fsp3) is 0.474. The minimum atomic E-state index is -0.779. The van der Waals surface area contributed by atoms with Crippen molar-refractivity contribution in [3.63, 3.8) is 0 Å². The summed E-state index contributed by atoms with van der Waals surface area (Å²) >= 11 is 0. The Kier molecular flexibility index (Phi) is 5.97. The van der Waals surface area contributed by atoms with Crippen LogP contribution >= 0.6 is 0 Å². The monoisotopic (exact) mass is 316 g/mol. The Morgan fingerprint density at radius 2 is 1.96 bits per heavy atom. The second kappa shape index (κ2) is 7.95. The number of ether oxygens (including phenoxy) is 1. The molecule has 1 aromatic carbocycles. The number of carbonyl (C=O) groups is 2. The Labute approximate surface area is 137 Å². The molecule has 2 atom stereocenters. The van der Waals surface area contributed by atoms with Gasteiger partial charge < -0.3 is 9.84 Å². The summed E-state index contributed by atoms with van der Waals surface area (Å²) in [6, 6.07) is 9.75. The lowest BCUT2D eigenvalue weighted by atomic mass is 9.95. The molecule has 0 saturated carbocycles. The van der Waals surface area contributed by atoms with E-state index in [1.165, 1.54) is 0 Å². The summed E-state index contributed by atoms with van der Waals surface area (Å²) in [5, 5.41) is 10.2. The number of aliphatic hydroxyl groups excluding tert-OH is 1. The number of ketones is 1. The number of carbonyl (C=O) groups excluding carboxylic acids is 2. The molecule has 124 valence electrons. The van der Waals surface area contributed by atoms with Gasteiger partial charge in [-0.1, -0.05) is 57.0 Å². The predicted molar refractivity (Wildman–Crippen MR) is 88.0 cm³/mol. The maximum Gasteiger partial charge on any atom is 0.346 e. The summed E-state index contributed by atoms with van der Waals surface area (Å²) in [6.07, 6.45) is 3.02. The third kappa shape index (κ3) is 4.21. The molecule has 1 N–H and O–H groups in total. The van der Waals surface area contributed by atoms with Gasteiger partial charge in [-0.2, -0.15) is 0 Å². The molecular formula is C19H24O4. The van der Waals surface area contributed by atoms with E-state index in [1.54, 1.807) is 0 Å². The first-order valence-corrected chi connectivity index (χ1v) is 8.26. The van der Waals surface area contributed by atoms with Gasteiger partial charge >= 0.3 is 5.97 Å². The minimum Gasteiger partial charge on any atom is -0.511 e. The van der Waals surface area contributed by atoms with Gasteiger partial charge in [-0.15, -0.1) is 0 Å². The number of hydrogen-bond donors (Lipinski definition) is 1. The molecule has 0 spiro atoms. The number of aliphatic hydroxyl groups is 1. The standard InChI is InChI=1S/C19H24O4/c1-3-4-8-13(2)17(20)16-18(21)15(23-19(16)22)12-11-14-9-6-5-7-10-14/h5-7,9-10,13,15,20H,3-4,8,11-12H2,1-2H3. The van der Waals surface area contributed by atoms with Gasteiger partial charge in [-0.05, 0) is 24.8 Å². The van der Waals surface area contributed by atoms with Crippen LogP contribution in [0, 0.1) is 5.92 Å². The van der Waals surface area contributed by atoms with E-state index >= 15 is 0 Å². The van der Waals surface area contributed by atoms with E-state index in [0.29, 0.717) is 12.8 Å². The summed E-state index contributed by atoms with van der Waals surface area (Å²) in [5.74, 6) is -1.38. The van der Waals surface area contributed by atoms with E-state index in [9.17, 15) is 14.7 Å². The van der Waals surface area contributed by atoms with E-state index in [2.05, 4.69) is 6.92 Å². The number of cyclic esters (lactones) is 1. The maximum atomic E-state index is 12.4. The van der Waals surface area contributed by atoms with Crippen LogP contribution < -0.4 is 0 Å². The average Bonchev–Trinajstić information content (AvgIpc) is 2.85. The largest absolute Gasteiger partial charge is 0.511 e. The number of aryl methyl sites for hydroxylation is 1. The van der Waals surface area contributed by atoms with Crippen molar-refractivity contribution in [3.05, 3.63) is 47.2 Å². The highest BCUT2D eigenvalue weighted by Crippen LogP contribution is 2.27. The molecular weight excluding hydrogens is 292 g/mol. The zero-order valence-electron chi connectivity index (χ0n) is 13.7. The van der Waals surface area contributed by atoms with Crippen molar-refractivity contribution in [2.24, 2.45) is 5.92 Å². The molecule has 2 unspecified atom stereocenters. The first-order valence-electron chi connectivity index (χ1n) is 8.26. The molecule has 2 rings (SSSR count). The number of benzene rings is 1. The molecule has 0 amide bonds. The normalized spacial score (nSPS) is 21.2. The first kappa shape index (κ1) is 17.3. The zero-order chi connectivity index (χ0) is 16.8. The molecule has 1 heterocycles. The van der Waals surface area contributed by atoms with Crippen LogP contribution in [0.4, 0.5) is 0 Å². The number of esters is 1. The van der Waals surface area contributed by atoms with Crippen molar-refractivity contribution in [1.82, 2.24) is 0 Å². The van der Waals surface area contributed by atoms with Crippen molar-refractivity contribution in [2.75, 3.05) is 0 Å². The van der Waals surface area contributed by atoms with E-state index in [0.717, 1.165) is 24.8 Å². The van der Waals surface area contributed by atoms with Gasteiger partial charge in [-0.25, -0.2) is 4.79 Å². The van der Waals surface area contributed by atoms with Crippen molar-refractivity contribution in [2.45, 2.75) is 52.1 Å². The van der Waals surface area contributed by atoms with E-state index < -0.39 is 12.1 Å². The lowest BCUT2D eigenvalue weighted by molar-refractivity contribution is -0.141. The van der Waals surface area contributed by atoms with Crippen molar-refractivity contribution < 1.29 is 19.4 Å². The Bertz CT molecular complexity index is 589. The van der Waals surface area contributed by atoms with E-state index in [1.807, 2.05) is 37.3 Å². The minimum absolute atomic E-state index is 0.115. The summed E-state index contributed by atoms with van der Waals surface area (Å²) in [7, 11) is 0. The van der Waals surface area contributed by atoms with Gasteiger partial charge in [0.15, 0.2) is 6.10 Å². The molecule has 1 saturated heterocycles. The van der Waals surface area contributed by atoms with Gasteiger partial charge in [0, 0.05) is 5.92 Å². The molecule has 1 fully saturated rings. The SMILES string of the molecule is CCCCC(C)C(O)=C1C(=O)OC(CCc2ccccc2)C1=O. The second-order valence-corrected chi connectivity index (χ2v) is 6.09. The lowest BCUT2D eigenvalue weighted by Crippen LogP contribution is -2.18. The highest BCUT2D eigenvalue weighted by molar-refractivity contribution is 6.23. The van der Waals surface area contributed by atoms with Crippen LogP contribution in [0.15, 0.2) is 41.7 Å². The average molecular weight is 316 g/mol. The molecule has 0 aliphatic carbocycles.